The largest absolute Gasteiger partial charge is 0.486 e. The standard InChI is InChI=1S/C55H85N10O14.Al.2H/c1-8-10-47-78-49-40(30-66)55(79-47,54(49,6)29-44(67)33(2)3)45(68)32-76-36-14-12-35(13-15-36)60-50(70)42(11-9-21-58-52(56)72)61-51(71)48(34(4)5)62-46(69)20-25-74-27-23-59-53(73)77-31-39-37-16-18-41-43(19-17-38(37)39)65(64-63-41)24-28-75-26-22-57-7;;;/h12-15,33,37-40,42,44,47-49,57,66-67H,4,7-11,16-32H2,1-3,5-6H3,(H,59,73)(H,60,70)(H,61,71)(H,62,69)(H3,56,58,72);;;/t37?,38?,39?,40?,42-,44-,47?,48-,49+,54-,55-;;;/m0.../s1. The van der Waals surface area contributed by atoms with Crippen molar-refractivity contribution in [1.82, 2.24) is 41.6 Å². The molecule has 0 spiro atoms. The van der Waals surface area contributed by atoms with Gasteiger partial charge in [0.25, 0.3) is 0 Å². The van der Waals surface area contributed by atoms with Gasteiger partial charge < -0.3 is 76.3 Å². The second kappa shape index (κ2) is 30.7. The van der Waals surface area contributed by atoms with Crippen molar-refractivity contribution < 1.29 is 67.4 Å². The van der Waals surface area contributed by atoms with Gasteiger partial charge in [-0.05, 0) is 112 Å². The van der Waals surface area contributed by atoms with Gasteiger partial charge in [-0.2, -0.15) is 0 Å². The molecule has 3 aliphatic carbocycles. The summed E-state index contributed by atoms with van der Waals surface area (Å²) < 4.78 is 37.6. The first-order valence-corrected chi connectivity index (χ1v) is 29.9. The first-order chi connectivity index (χ1) is 38.4. The minimum Gasteiger partial charge on any atom is -0.486 e. The van der Waals surface area contributed by atoms with E-state index < -0.39 is 84.0 Å². The molecule has 2 saturated heterocycles. The maximum absolute atomic E-state index is 14.2. The molecular formula is C55H87AlN10O14. The average molecular weight is 1140 g/mol. The quantitative estimate of drug-likeness (QED) is 0.0266. The van der Waals surface area contributed by atoms with Crippen molar-refractivity contribution in [1.29, 1.82) is 0 Å². The molecule has 2 saturated carbocycles. The van der Waals surface area contributed by atoms with Crippen molar-refractivity contribution in [3.63, 3.8) is 0 Å². The highest BCUT2D eigenvalue weighted by molar-refractivity contribution is 6.08. The zero-order valence-electron chi connectivity index (χ0n) is 47.6. The summed E-state index contributed by atoms with van der Waals surface area (Å²) in [6.07, 6.45) is 2.99. The van der Waals surface area contributed by atoms with Crippen LogP contribution in [-0.4, -0.2) is 185 Å². The highest BCUT2D eigenvalue weighted by atomic mass is 27.0. The van der Waals surface area contributed by atoms with Crippen LogP contribution in [0.15, 0.2) is 36.4 Å². The van der Waals surface area contributed by atoms with Gasteiger partial charge in [0.05, 0.1) is 69.8 Å². The number of hydrogen-bond donors (Lipinski definition) is 9. The lowest BCUT2D eigenvalue weighted by Crippen LogP contribution is -2.83. The van der Waals surface area contributed by atoms with E-state index >= 15 is 0 Å². The smallest absolute Gasteiger partial charge is 0.407 e. The third-order valence-electron chi connectivity index (χ3n) is 16.0. The van der Waals surface area contributed by atoms with Crippen LogP contribution < -0.4 is 42.4 Å². The van der Waals surface area contributed by atoms with Gasteiger partial charge in [-0.3, -0.25) is 19.2 Å². The zero-order valence-corrected chi connectivity index (χ0v) is 49.6. The number of anilines is 1. The number of primary amides is 1. The maximum atomic E-state index is 14.2. The van der Waals surface area contributed by atoms with Crippen LogP contribution in [0.1, 0.15) is 97.4 Å². The molecule has 5 unspecified atom stereocenters. The molecule has 24 nitrogen and oxygen atoms in total. The number of amides is 6. The number of nitrogens with one attached hydrogen (secondary N) is 6. The monoisotopic (exact) mass is 1140 g/mol. The van der Waals surface area contributed by atoms with Crippen LogP contribution in [0, 0.1) is 35.0 Å². The Kier molecular flexibility index (Phi) is 24.6. The van der Waals surface area contributed by atoms with E-state index in [9.17, 15) is 39.0 Å². The molecule has 2 aliphatic heterocycles. The Labute approximate surface area is 477 Å². The molecular weight excluding hydrogens is 1050 g/mol. The molecule has 5 aliphatic rings. The number of urea groups is 1. The Bertz CT molecular complexity index is 2400. The molecule has 1 aromatic carbocycles. The number of aryl methyl sites for hydroxylation is 1. The zero-order chi connectivity index (χ0) is 58.0. The highest BCUT2D eigenvalue weighted by Crippen LogP contribution is 2.64. The number of rotatable bonds is 35. The number of Topliss-reactive ketones (excluding diaryl/α,β-unsaturated/α-hetero) is 1. The Hall–Kier alpha value is -5.23. The number of nitrogens with zero attached hydrogens (tertiary/aromatic N) is 3. The summed E-state index contributed by atoms with van der Waals surface area (Å²) >= 11 is 1.12. The van der Waals surface area contributed by atoms with Crippen LogP contribution >= 0.6 is 0 Å². The predicted octanol–water partition coefficient (Wildman–Crippen LogP) is 1.25. The van der Waals surface area contributed by atoms with Crippen molar-refractivity contribution in [2.75, 3.05) is 76.6 Å². The van der Waals surface area contributed by atoms with Gasteiger partial charge in [0, 0.05) is 43.1 Å². The first-order valence-electron chi connectivity index (χ1n) is 28.5. The molecule has 6 amide bonds. The lowest BCUT2D eigenvalue weighted by atomic mass is 9.45. The molecule has 25 heteroatoms. The van der Waals surface area contributed by atoms with E-state index in [2.05, 4.69) is 48.8 Å². The van der Waals surface area contributed by atoms with Crippen LogP contribution in [0.3, 0.4) is 0 Å². The number of hydrogen-bond acceptors (Lipinski definition) is 17. The first kappa shape index (κ1) is 63.9. The van der Waals surface area contributed by atoms with Crippen molar-refractivity contribution >= 4 is 57.6 Å². The molecule has 444 valence electrons. The van der Waals surface area contributed by atoms with Gasteiger partial charge in [0.15, 0.2) is 6.29 Å². The number of carbonyl (C=O) groups excluding carboxylic acids is 6. The Morgan fingerprint density at radius 3 is 2.39 bits per heavy atom. The van der Waals surface area contributed by atoms with E-state index in [1.54, 1.807) is 31.2 Å². The lowest BCUT2D eigenvalue weighted by molar-refractivity contribution is -0.430. The van der Waals surface area contributed by atoms with Gasteiger partial charge in [-0.15, -0.1) is 5.10 Å². The number of ketones is 1. The number of ether oxygens (including phenoxy) is 6. The fourth-order valence-corrected chi connectivity index (χ4v) is 11.9. The molecule has 0 radical (unpaired) electrons. The third-order valence-corrected chi connectivity index (χ3v) is 16.5. The van der Waals surface area contributed by atoms with Gasteiger partial charge in [-0.1, -0.05) is 51.3 Å². The molecule has 4 fully saturated rings. The third kappa shape index (κ3) is 16.7. The fraction of sp³-hybridized carbons (Fsp3) is 0.709. The SMILES string of the molecule is C=C(C)[C@H](NC(=O)CCOCCNC(=O)OCC1C2CCc3nnn(CCOCCN[CH2][AlH2])c3CCC21)C(=O)N[C@@H](CCCNC(N)=O)C(=O)Nc1ccc(OCC(=O)[C@@]23OC(CCC)O[C@H](C2CO)[C@]3(C)C[C@H](O)C(C)C)cc1. The minimum atomic E-state index is -1.45. The van der Waals surface area contributed by atoms with E-state index in [1.165, 1.54) is 5.69 Å². The Morgan fingerprint density at radius 1 is 0.975 bits per heavy atom. The van der Waals surface area contributed by atoms with E-state index in [-0.39, 0.29) is 70.3 Å². The molecule has 3 heterocycles. The average Bonchev–Trinajstić information content (AvgIpc) is 3.96. The summed E-state index contributed by atoms with van der Waals surface area (Å²) in [5, 5.41) is 47.9. The second-order valence-corrected chi connectivity index (χ2v) is 22.8. The van der Waals surface area contributed by atoms with Crippen molar-refractivity contribution in [3.8, 4) is 5.75 Å². The van der Waals surface area contributed by atoms with Crippen LogP contribution in [-0.2, 0) is 62.2 Å². The summed E-state index contributed by atoms with van der Waals surface area (Å²) in [4.78, 5) is 78.7. The van der Waals surface area contributed by atoms with Crippen LogP contribution in [0.25, 0.3) is 0 Å². The molecule has 7 rings (SSSR count). The van der Waals surface area contributed by atoms with Gasteiger partial charge >= 0.3 is 12.1 Å². The van der Waals surface area contributed by atoms with Crippen molar-refractivity contribution in [2.24, 2.45) is 40.7 Å². The molecule has 80 heavy (non-hydrogen) atoms. The topological polar surface area (TPSA) is 327 Å². The van der Waals surface area contributed by atoms with E-state index in [1.807, 2.05) is 32.4 Å². The minimum absolute atomic E-state index is 0.00619. The Balaban J connectivity index is 0.914. The van der Waals surface area contributed by atoms with E-state index in [4.69, 9.17) is 34.2 Å². The molecule has 2 aromatic rings. The number of aliphatic hydroxyl groups excluding tert-OH is 2. The molecule has 10 N–H and O–H groups in total. The maximum Gasteiger partial charge on any atom is 0.407 e. The van der Waals surface area contributed by atoms with Gasteiger partial charge in [0.1, 0.15) is 30.0 Å². The second-order valence-electron chi connectivity index (χ2n) is 22.0. The lowest BCUT2D eigenvalue weighted by Gasteiger charge is -2.70. The number of aliphatic hydroxyl groups is 2. The summed E-state index contributed by atoms with van der Waals surface area (Å²) in [6, 6.07) is 3.15. The number of alkyl carbamates (subject to hydrolysis) is 1. The predicted molar refractivity (Wildman–Crippen MR) is 297 cm³/mol. The number of nitrogens with two attached hydrogens (primary N) is 1. The highest BCUT2D eigenvalue weighted by Gasteiger charge is 2.78. The number of benzene rings is 1. The van der Waals surface area contributed by atoms with E-state index in [0.29, 0.717) is 67.5 Å². The summed E-state index contributed by atoms with van der Waals surface area (Å²) in [7, 11) is 0. The van der Waals surface area contributed by atoms with Crippen LogP contribution in [0.5, 0.6) is 5.75 Å². The van der Waals surface area contributed by atoms with E-state index in [0.717, 1.165) is 66.0 Å². The fourth-order valence-electron chi connectivity index (χ4n) is 11.5. The van der Waals surface area contributed by atoms with Crippen LogP contribution in [0.2, 0.25) is 0 Å². The normalized spacial score (nSPS) is 24.7. The van der Waals surface area contributed by atoms with Crippen molar-refractivity contribution in [3.05, 3.63) is 47.8 Å². The molecule has 1 aromatic heterocycles. The Morgan fingerprint density at radius 2 is 1.70 bits per heavy atom. The molecule has 2 bridgehead atoms. The van der Waals surface area contributed by atoms with Crippen molar-refractivity contribution in [2.45, 2.75) is 142 Å². The number of carbonyl (C=O) groups is 6. The van der Waals surface area contributed by atoms with Gasteiger partial charge in [0.2, 0.25) is 39.8 Å². The number of aromatic nitrogens is 3. The van der Waals surface area contributed by atoms with Crippen LogP contribution in [0.4, 0.5) is 15.3 Å². The molecule has 11 atom stereocenters. The summed E-state index contributed by atoms with van der Waals surface area (Å²) in [5.41, 5.74) is 5.72. The van der Waals surface area contributed by atoms with Gasteiger partial charge in [-0.25, -0.2) is 14.3 Å². The summed E-state index contributed by atoms with van der Waals surface area (Å²) in [5.74, 6) is -1.36. The summed E-state index contributed by atoms with van der Waals surface area (Å²) in [6.45, 7) is 15.8. The number of fused-ring (bicyclic) bond motifs is 4.